The number of carbonyl (C=O) groups excluding carboxylic acids is 1. The van der Waals surface area contributed by atoms with Gasteiger partial charge in [0.15, 0.2) is 0 Å². The number of nitrogens with zero attached hydrogens (tertiary/aromatic N) is 2. The lowest BCUT2D eigenvalue weighted by molar-refractivity contribution is -0.385. The number of anilines is 1. The van der Waals surface area contributed by atoms with Gasteiger partial charge >= 0.3 is 0 Å². The quantitative estimate of drug-likeness (QED) is 0.613. The number of hydrogen-bond donors (Lipinski definition) is 1. The van der Waals surface area contributed by atoms with E-state index in [0.717, 1.165) is 0 Å². The van der Waals surface area contributed by atoms with Crippen LogP contribution in [0.15, 0.2) is 18.2 Å². The van der Waals surface area contributed by atoms with E-state index in [9.17, 15) is 20.0 Å². The van der Waals surface area contributed by atoms with Crippen molar-refractivity contribution >= 4 is 17.3 Å². The fourth-order valence-corrected chi connectivity index (χ4v) is 1.90. The largest absolute Gasteiger partial charge is 0.391 e. The zero-order chi connectivity index (χ0) is 12.6. The molecule has 1 saturated heterocycles. The van der Waals surface area contributed by atoms with Crippen molar-refractivity contribution in [1.29, 1.82) is 0 Å². The van der Waals surface area contributed by atoms with E-state index in [1.54, 1.807) is 19.1 Å². The molecule has 6 heteroatoms. The van der Waals surface area contributed by atoms with Crippen molar-refractivity contribution < 1.29 is 14.8 Å². The normalized spacial score (nSPS) is 19.8. The van der Waals surface area contributed by atoms with Gasteiger partial charge in [-0.25, -0.2) is 0 Å². The predicted octanol–water partition coefficient (Wildman–Crippen LogP) is 1.00. The second-order valence-electron chi connectivity index (χ2n) is 4.09. The van der Waals surface area contributed by atoms with Crippen molar-refractivity contribution in [3.63, 3.8) is 0 Å². The Labute approximate surface area is 97.6 Å². The standard InChI is InChI=1S/C11H12N2O4/c1-7-2-3-8(4-10(7)13(16)17)12-6-9(14)5-11(12)15/h2-4,9,14H,5-6H2,1H3. The van der Waals surface area contributed by atoms with Gasteiger partial charge in [0.1, 0.15) is 0 Å². The SMILES string of the molecule is Cc1ccc(N2CC(O)CC2=O)cc1[N+](=O)[O-]. The highest BCUT2D eigenvalue weighted by Crippen LogP contribution is 2.27. The predicted molar refractivity (Wildman–Crippen MR) is 60.8 cm³/mol. The Kier molecular flexibility index (Phi) is 2.81. The topological polar surface area (TPSA) is 83.7 Å². The maximum Gasteiger partial charge on any atom is 0.274 e. The molecule has 0 radical (unpaired) electrons. The molecule has 90 valence electrons. The van der Waals surface area contributed by atoms with Crippen LogP contribution in [-0.4, -0.2) is 28.6 Å². The molecule has 0 saturated carbocycles. The summed E-state index contributed by atoms with van der Waals surface area (Å²) in [4.78, 5) is 23.2. The molecule has 0 bridgehead atoms. The fraction of sp³-hybridized carbons (Fsp3) is 0.364. The van der Waals surface area contributed by atoms with Crippen LogP contribution in [0.3, 0.4) is 0 Å². The van der Waals surface area contributed by atoms with E-state index < -0.39 is 11.0 Å². The van der Waals surface area contributed by atoms with Crippen molar-refractivity contribution in [1.82, 2.24) is 0 Å². The summed E-state index contributed by atoms with van der Waals surface area (Å²) in [6.07, 6.45) is -0.621. The van der Waals surface area contributed by atoms with E-state index >= 15 is 0 Å². The molecule has 1 aromatic rings. The average Bonchev–Trinajstić information content (AvgIpc) is 2.58. The molecular weight excluding hydrogens is 224 g/mol. The number of benzene rings is 1. The van der Waals surface area contributed by atoms with Gasteiger partial charge in [0.2, 0.25) is 5.91 Å². The summed E-state index contributed by atoms with van der Waals surface area (Å²) in [5, 5.41) is 20.2. The van der Waals surface area contributed by atoms with Gasteiger partial charge in [-0.15, -0.1) is 0 Å². The molecule has 0 aliphatic carbocycles. The zero-order valence-electron chi connectivity index (χ0n) is 9.29. The molecule has 1 unspecified atom stereocenters. The van der Waals surface area contributed by atoms with Crippen LogP contribution in [0.4, 0.5) is 11.4 Å². The van der Waals surface area contributed by atoms with E-state index in [0.29, 0.717) is 11.3 Å². The van der Waals surface area contributed by atoms with Gasteiger partial charge in [0.25, 0.3) is 5.69 Å². The zero-order valence-corrected chi connectivity index (χ0v) is 9.29. The molecule has 0 spiro atoms. The second-order valence-corrected chi connectivity index (χ2v) is 4.09. The maximum absolute atomic E-state index is 11.5. The summed E-state index contributed by atoms with van der Waals surface area (Å²) in [5.74, 6) is -0.212. The number of nitro benzene ring substituents is 1. The summed E-state index contributed by atoms with van der Waals surface area (Å²) >= 11 is 0. The highest BCUT2D eigenvalue weighted by atomic mass is 16.6. The third-order valence-corrected chi connectivity index (χ3v) is 2.81. The number of aliphatic hydroxyl groups excluding tert-OH is 1. The Morgan fingerprint density at radius 3 is 2.76 bits per heavy atom. The van der Waals surface area contributed by atoms with Crippen LogP contribution in [0, 0.1) is 17.0 Å². The van der Waals surface area contributed by atoms with E-state index in [1.165, 1.54) is 11.0 Å². The van der Waals surface area contributed by atoms with Crippen molar-refractivity contribution in [2.45, 2.75) is 19.4 Å². The molecule has 1 aromatic carbocycles. The summed E-state index contributed by atoms with van der Waals surface area (Å²) in [5.41, 5.74) is 0.992. The summed E-state index contributed by atoms with van der Waals surface area (Å²) < 4.78 is 0. The Morgan fingerprint density at radius 1 is 1.53 bits per heavy atom. The fourth-order valence-electron chi connectivity index (χ4n) is 1.90. The van der Waals surface area contributed by atoms with Crippen LogP contribution >= 0.6 is 0 Å². The number of rotatable bonds is 2. The van der Waals surface area contributed by atoms with Crippen molar-refractivity contribution in [2.75, 3.05) is 11.4 Å². The van der Waals surface area contributed by atoms with E-state index in [2.05, 4.69) is 0 Å². The summed E-state index contributed by atoms with van der Waals surface area (Å²) in [6.45, 7) is 1.83. The first kappa shape index (κ1) is 11.5. The molecule has 1 aliphatic heterocycles. The van der Waals surface area contributed by atoms with Gasteiger partial charge in [-0.05, 0) is 13.0 Å². The molecule has 1 fully saturated rings. The van der Waals surface area contributed by atoms with Crippen LogP contribution in [0.1, 0.15) is 12.0 Å². The molecule has 2 rings (SSSR count). The molecule has 17 heavy (non-hydrogen) atoms. The van der Waals surface area contributed by atoms with Crippen molar-refractivity contribution in [2.24, 2.45) is 0 Å². The summed E-state index contributed by atoms with van der Waals surface area (Å²) in [6, 6.07) is 4.62. The summed E-state index contributed by atoms with van der Waals surface area (Å²) in [7, 11) is 0. The van der Waals surface area contributed by atoms with Gasteiger partial charge in [0.05, 0.1) is 29.7 Å². The third-order valence-electron chi connectivity index (χ3n) is 2.81. The number of aryl methyl sites for hydroxylation is 1. The number of carbonyl (C=O) groups is 1. The average molecular weight is 236 g/mol. The van der Waals surface area contributed by atoms with Crippen LogP contribution < -0.4 is 4.90 Å². The molecule has 1 atom stereocenters. The first-order valence-corrected chi connectivity index (χ1v) is 5.22. The molecular formula is C11H12N2O4. The smallest absolute Gasteiger partial charge is 0.274 e. The molecule has 6 nitrogen and oxygen atoms in total. The number of nitro groups is 1. The monoisotopic (exact) mass is 236 g/mol. The van der Waals surface area contributed by atoms with Crippen LogP contribution in [0.25, 0.3) is 0 Å². The third kappa shape index (κ3) is 2.12. The van der Waals surface area contributed by atoms with E-state index in [1.807, 2.05) is 0 Å². The lowest BCUT2D eigenvalue weighted by Gasteiger charge is -2.15. The van der Waals surface area contributed by atoms with Gasteiger partial charge in [-0.3, -0.25) is 14.9 Å². The Balaban J connectivity index is 2.37. The van der Waals surface area contributed by atoms with Gasteiger partial charge in [-0.1, -0.05) is 6.07 Å². The Morgan fingerprint density at radius 2 is 2.24 bits per heavy atom. The Bertz CT molecular complexity index is 486. The van der Waals surface area contributed by atoms with E-state index in [4.69, 9.17) is 0 Å². The minimum Gasteiger partial charge on any atom is -0.391 e. The number of amides is 1. The Hall–Kier alpha value is -1.95. The lowest BCUT2D eigenvalue weighted by Crippen LogP contribution is -2.25. The first-order valence-electron chi connectivity index (χ1n) is 5.22. The van der Waals surface area contributed by atoms with Crippen LogP contribution in [0.2, 0.25) is 0 Å². The lowest BCUT2D eigenvalue weighted by atomic mass is 10.2. The molecule has 1 heterocycles. The number of aliphatic hydroxyl groups is 1. The minimum absolute atomic E-state index is 0.0170. The van der Waals surface area contributed by atoms with Gasteiger partial charge in [-0.2, -0.15) is 0 Å². The van der Waals surface area contributed by atoms with E-state index in [-0.39, 0.29) is 24.6 Å². The highest BCUT2D eigenvalue weighted by Gasteiger charge is 2.30. The van der Waals surface area contributed by atoms with Crippen molar-refractivity contribution in [3.8, 4) is 0 Å². The number of hydrogen-bond acceptors (Lipinski definition) is 4. The molecule has 1 N–H and O–H groups in total. The second kappa shape index (κ2) is 4.14. The highest BCUT2D eigenvalue weighted by molar-refractivity contribution is 5.96. The minimum atomic E-state index is -0.692. The maximum atomic E-state index is 11.5. The molecule has 1 aliphatic rings. The first-order chi connectivity index (χ1) is 7.99. The van der Waals surface area contributed by atoms with Gasteiger partial charge < -0.3 is 10.0 Å². The molecule has 1 amide bonds. The van der Waals surface area contributed by atoms with Crippen LogP contribution in [0.5, 0.6) is 0 Å². The van der Waals surface area contributed by atoms with Gasteiger partial charge in [0, 0.05) is 11.6 Å². The van der Waals surface area contributed by atoms with Crippen molar-refractivity contribution in [3.05, 3.63) is 33.9 Å². The molecule has 0 aromatic heterocycles. The number of β-amino-alcohol motifs (C(OH)–C–C–N with tert-alkyl or cyclic N) is 1. The van der Waals surface area contributed by atoms with Crippen LogP contribution in [-0.2, 0) is 4.79 Å².